The first-order valence-electron chi connectivity index (χ1n) is 7.76. The van der Waals surface area contributed by atoms with Gasteiger partial charge in [-0.15, -0.1) is 0 Å². The van der Waals surface area contributed by atoms with Crippen molar-refractivity contribution in [2.75, 3.05) is 13.1 Å². The molecule has 2 rings (SSSR count). The lowest BCUT2D eigenvalue weighted by Crippen LogP contribution is -2.43. The molecule has 19 heavy (non-hydrogen) atoms. The molecule has 1 heteroatoms. The van der Waals surface area contributed by atoms with Crippen LogP contribution in [-0.4, -0.2) is 24.0 Å². The molecule has 1 atom stereocenters. The second-order valence-corrected chi connectivity index (χ2v) is 7.33. The molecule has 1 saturated heterocycles. The third-order valence-electron chi connectivity index (χ3n) is 4.12. The van der Waals surface area contributed by atoms with Crippen LogP contribution in [0.3, 0.4) is 0 Å². The van der Waals surface area contributed by atoms with Gasteiger partial charge in [-0.3, -0.25) is 0 Å². The lowest BCUT2D eigenvalue weighted by molar-refractivity contribution is 0.122. The molecular formula is C18H29N. The minimum atomic E-state index is 0.382. The van der Waals surface area contributed by atoms with E-state index in [-0.39, 0.29) is 0 Å². The van der Waals surface area contributed by atoms with Gasteiger partial charge in [-0.25, -0.2) is 0 Å². The Bertz CT molecular complexity index is 381. The first-order valence-corrected chi connectivity index (χ1v) is 7.76. The van der Waals surface area contributed by atoms with Gasteiger partial charge in [-0.2, -0.15) is 0 Å². The van der Waals surface area contributed by atoms with E-state index in [1.165, 1.54) is 43.5 Å². The van der Waals surface area contributed by atoms with E-state index in [4.69, 9.17) is 0 Å². The van der Waals surface area contributed by atoms with Gasteiger partial charge in [0.2, 0.25) is 0 Å². The first-order chi connectivity index (χ1) is 8.94. The van der Waals surface area contributed by atoms with Gasteiger partial charge >= 0.3 is 0 Å². The Balaban J connectivity index is 1.81. The van der Waals surface area contributed by atoms with Crippen LogP contribution < -0.4 is 0 Å². The zero-order chi connectivity index (χ0) is 13.9. The minimum Gasteiger partial charge on any atom is -0.301 e. The van der Waals surface area contributed by atoms with Crippen LogP contribution in [0.4, 0.5) is 0 Å². The normalized spacial score (nSPS) is 18.1. The third-order valence-corrected chi connectivity index (χ3v) is 4.12. The van der Waals surface area contributed by atoms with Crippen molar-refractivity contribution >= 4 is 0 Å². The summed E-state index contributed by atoms with van der Waals surface area (Å²) < 4.78 is 0. The minimum absolute atomic E-state index is 0.382. The van der Waals surface area contributed by atoms with Crippen molar-refractivity contribution in [2.24, 2.45) is 5.41 Å². The van der Waals surface area contributed by atoms with Crippen LogP contribution in [0.2, 0.25) is 0 Å². The molecule has 0 radical (unpaired) electrons. The van der Waals surface area contributed by atoms with E-state index in [1.54, 1.807) is 0 Å². The average molecular weight is 259 g/mol. The Hall–Kier alpha value is -0.820. The second-order valence-electron chi connectivity index (χ2n) is 7.33. The van der Waals surface area contributed by atoms with Crippen LogP contribution in [0.25, 0.3) is 0 Å². The van der Waals surface area contributed by atoms with Crippen LogP contribution in [0.15, 0.2) is 24.3 Å². The predicted octanol–water partition coefficient (Wildman–Crippen LogP) is 4.30. The van der Waals surface area contributed by atoms with Crippen molar-refractivity contribution in [3.63, 3.8) is 0 Å². The smallest absolute Gasteiger partial charge is 0.00701 e. The van der Waals surface area contributed by atoms with Crippen molar-refractivity contribution in [3.05, 3.63) is 35.4 Å². The lowest BCUT2D eigenvalue weighted by Gasteiger charge is -2.36. The Morgan fingerprint density at radius 3 is 2.11 bits per heavy atom. The van der Waals surface area contributed by atoms with E-state index in [9.17, 15) is 0 Å². The monoisotopic (exact) mass is 259 g/mol. The highest BCUT2D eigenvalue weighted by atomic mass is 15.2. The standard InChI is InChI=1S/C18H29N/c1-15(19-12-5-13-19)6-7-16-8-10-17(11-9-16)14-18(2,3)4/h8-11,15H,5-7,12-14H2,1-4H3. The molecule has 1 heterocycles. The fourth-order valence-corrected chi connectivity index (χ4v) is 2.78. The summed E-state index contributed by atoms with van der Waals surface area (Å²) in [7, 11) is 0. The Morgan fingerprint density at radius 1 is 1.05 bits per heavy atom. The predicted molar refractivity (Wildman–Crippen MR) is 83.6 cm³/mol. The van der Waals surface area contributed by atoms with Crippen molar-refractivity contribution in [1.29, 1.82) is 0 Å². The molecule has 1 fully saturated rings. The fourth-order valence-electron chi connectivity index (χ4n) is 2.78. The highest BCUT2D eigenvalue weighted by Gasteiger charge is 2.19. The molecule has 0 saturated carbocycles. The summed E-state index contributed by atoms with van der Waals surface area (Å²) in [4.78, 5) is 2.59. The highest BCUT2D eigenvalue weighted by molar-refractivity contribution is 5.23. The molecule has 106 valence electrons. The number of hydrogen-bond donors (Lipinski definition) is 0. The van der Waals surface area contributed by atoms with E-state index in [1.807, 2.05) is 0 Å². The van der Waals surface area contributed by atoms with Gasteiger partial charge < -0.3 is 4.90 Å². The molecule has 0 spiro atoms. The molecule has 1 aliphatic rings. The van der Waals surface area contributed by atoms with Gasteiger partial charge in [0.05, 0.1) is 0 Å². The summed E-state index contributed by atoms with van der Waals surface area (Å²) in [6.45, 7) is 11.9. The third kappa shape index (κ3) is 4.65. The summed E-state index contributed by atoms with van der Waals surface area (Å²) >= 11 is 0. The molecule has 1 unspecified atom stereocenters. The molecular weight excluding hydrogens is 230 g/mol. The highest BCUT2D eigenvalue weighted by Crippen LogP contribution is 2.21. The summed E-state index contributed by atoms with van der Waals surface area (Å²) in [5.41, 5.74) is 3.34. The number of nitrogens with zero attached hydrogens (tertiary/aromatic N) is 1. The van der Waals surface area contributed by atoms with Gasteiger partial charge in [0.15, 0.2) is 0 Å². The average Bonchev–Trinajstić information content (AvgIpc) is 2.23. The van der Waals surface area contributed by atoms with Gasteiger partial charge in [0.25, 0.3) is 0 Å². The maximum atomic E-state index is 2.59. The Labute approximate surface area is 119 Å². The molecule has 0 aliphatic carbocycles. The second kappa shape index (κ2) is 6.09. The number of likely N-dealkylation sites (tertiary alicyclic amines) is 1. The van der Waals surface area contributed by atoms with Crippen molar-refractivity contribution in [2.45, 2.75) is 59.4 Å². The Morgan fingerprint density at radius 2 is 1.63 bits per heavy atom. The first kappa shape index (κ1) is 14.6. The molecule has 1 aromatic rings. The van der Waals surface area contributed by atoms with Crippen molar-refractivity contribution < 1.29 is 0 Å². The van der Waals surface area contributed by atoms with Crippen LogP contribution >= 0.6 is 0 Å². The van der Waals surface area contributed by atoms with E-state index >= 15 is 0 Å². The summed E-state index contributed by atoms with van der Waals surface area (Å²) in [6, 6.07) is 10.0. The van der Waals surface area contributed by atoms with Gasteiger partial charge in [0, 0.05) is 6.04 Å². The van der Waals surface area contributed by atoms with Gasteiger partial charge in [0.1, 0.15) is 0 Å². The fraction of sp³-hybridized carbons (Fsp3) is 0.667. The number of hydrogen-bond acceptors (Lipinski definition) is 1. The van der Waals surface area contributed by atoms with Crippen LogP contribution in [0.5, 0.6) is 0 Å². The molecule has 1 nitrogen and oxygen atoms in total. The van der Waals surface area contributed by atoms with Crippen molar-refractivity contribution in [1.82, 2.24) is 4.90 Å². The Kier molecular flexibility index (Phi) is 4.67. The molecule has 1 aromatic carbocycles. The van der Waals surface area contributed by atoms with E-state index in [0.29, 0.717) is 5.41 Å². The van der Waals surface area contributed by atoms with Crippen LogP contribution in [0.1, 0.15) is 51.7 Å². The van der Waals surface area contributed by atoms with Gasteiger partial charge in [-0.05, 0) is 62.2 Å². The summed E-state index contributed by atoms with van der Waals surface area (Å²) in [5.74, 6) is 0. The largest absolute Gasteiger partial charge is 0.301 e. The SMILES string of the molecule is CC(CCc1ccc(CC(C)(C)C)cc1)N1CCC1. The molecule has 0 amide bonds. The number of rotatable bonds is 5. The maximum Gasteiger partial charge on any atom is 0.00701 e. The summed E-state index contributed by atoms with van der Waals surface area (Å²) in [6.07, 6.45) is 5.06. The van der Waals surface area contributed by atoms with Gasteiger partial charge in [-0.1, -0.05) is 45.0 Å². The molecule has 0 bridgehead atoms. The number of aryl methyl sites for hydroxylation is 1. The quantitative estimate of drug-likeness (QED) is 0.762. The molecule has 0 aromatic heterocycles. The zero-order valence-corrected chi connectivity index (χ0v) is 13.1. The zero-order valence-electron chi connectivity index (χ0n) is 13.1. The molecule has 1 aliphatic heterocycles. The van der Waals surface area contributed by atoms with Crippen LogP contribution in [0, 0.1) is 5.41 Å². The van der Waals surface area contributed by atoms with Crippen LogP contribution in [-0.2, 0) is 12.8 Å². The van der Waals surface area contributed by atoms with E-state index < -0.39 is 0 Å². The van der Waals surface area contributed by atoms with Crippen molar-refractivity contribution in [3.8, 4) is 0 Å². The topological polar surface area (TPSA) is 3.24 Å². The van der Waals surface area contributed by atoms with E-state index in [0.717, 1.165) is 12.5 Å². The van der Waals surface area contributed by atoms with E-state index in [2.05, 4.69) is 56.9 Å². The molecule has 0 N–H and O–H groups in total. The number of benzene rings is 1. The lowest BCUT2D eigenvalue weighted by atomic mass is 9.88. The summed E-state index contributed by atoms with van der Waals surface area (Å²) in [5, 5.41) is 0. The maximum absolute atomic E-state index is 2.59.